The van der Waals surface area contributed by atoms with Crippen molar-refractivity contribution in [2.45, 2.75) is 10.9 Å². The number of thioether (sulfide) groups is 1. The molecule has 110 valence electrons. The molecule has 2 aromatic carbocycles. The van der Waals surface area contributed by atoms with Crippen molar-refractivity contribution >= 4 is 35.2 Å². The van der Waals surface area contributed by atoms with Gasteiger partial charge in [0.1, 0.15) is 6.29 Å². The number of nitrogens with zero attached hydrogens (tertiary/aromatic N) is 2. The highest BCUT2D eigenvalue weighted by atomic mass is 32.2. The molecule has 4 heteroatoms. The second-order valence-electron chi connectivity index (χ2n) is 4.97. The summed E-state index contributed by atoms with van der Waals surface area (Å²) in [4.78, 5) is 15.1. The van der Waals surface area contributed by atoms with E-state index in [1.54, 1.807) is 17.8 Å². The molecule has 22 heavy (non-hydrogen) atoms. The summed E-state index contributed by atoms with van der Waals surface area (Å²) in [5.41, 5.74) is 4.32. The van der Waals surface area contributed by atoms with E-state index in [2.05, 4.69) is 28.8 Å². The van der Waals surface area contributed by atoms with Crippen LogP contribution < -0.4 is 0 Å². The summed E-state index contributed by atoms with van der Waals surface area (Å²) < 4.78 is 2.11. The number of carbonyl (C=O) groups is 1. The summed E-state index contributed by atoms with van der Waals surface area (Å²) in [6.07, 6.45) is 4.07. The number of aldehydes is 1. The van der Waals surface area contributed by atoms with Gasteiger partial charge in [0.15, 0.2) is 5.16 Å². The first-order chi connectivity index (χ1) is 10.8. The highest BCUT2D eigenvalue weighted by Gasteiger charge is 2.08. The summed E-state index contributed by atoms with van der Waals surface area (Å²) in [6.45, 7) is 0. The van der Waals surface area contributed by atoms with Gasteiger partial charge in [0.25, 0.3) is 0 Å². The minimum atomic E-state index is 0.782. The van der Waals surface area contributed by atoms with Crippen LogP contribution in [-0.4, -0.2) is 15.8 Å². The van der Waals surface area contributed by atoms with Crippen LogP contribution in [-0.2, 0) is 17.6 Å². The van der Waals surface area contributed by atoms with E-state index < -0.39 is 0 Å². The summed E-state index contributed by atoms with van der Waals surface area (Å²) in [5, 5.41) is 0.996. The van der Waals surface area contributed by atoms with Crippen LogP contribution in [0.2, 0.25) is 0 Å². The van der Waals surface area contributed by atoms with Crippen molar-refractivity contribution in [3.05, 3.63) is 65.7 Å². The van der Waals surface area contributed by atoms with E-state index in [4.69, 9.17) is 4.98 Å². The van der Waals surface area contributed by atoms with Gasteiger partial charge in [-0.05, 0) is 29.3 Å². The zero-order chi connectivity index (χ0) is 15.4. The molecule has 1 heterocycles. The van der Waals surface area contributed by atoms with E-state index in [1.165, 1.54) is 11.6 Å². The number of rotatable bonds is 5. The van der Waals surface area contributed by atoms with Gasteiger partial charge in [-0.2, -0.15) is 0 Å². The van der Waals surface area contributed by atoms with Crippen molar-refractivity contribution in [1.29, 1.82) is 0 Å². The fraction of sp³-hybridized carbons (Fsp3) is 0.111. The highest BCUT2D eigenvalue weighted by molar-refractivity contribution is 7.98. The van der Waals surface area contributed by atoms with Gasteiger partial charge in [0, 0.05) is 12.8 Å². The Labute approximate surface area is 133 Å². The number of benzene rings is 2. The first kappa shape index (κ1) is 14.6. The van der Waals surface area contributed by atoms with Crippen LogP contribution in [0.4, 0.5) is 0 Å². The van der Waals surface area contributed by atoms with Gasteiger partial charge in [-0.3, -0.25) is 4.79 Å². The molecule has 3 rings (SSSR count). The Morgan fingerprint density at radius 2 is 2.00 bits per heavy atom. The molecule has 3 nitrogen and oxygen atoms in total. The SMILES string of the molecule is Cn1c(SCc2ccccc2)nc2cc(/C=C/C=O)ccc21. The molecular weight excluding hydrogens is 292 g/mol. The highest BCUT2D eigenvalue weighted by Crippen LogP contribution is 2.26. The Kier molecular flexibility index (Phi) is 4.39. The van der Waals surface area contributed by atoms with Gasteiger partial charge in [-0.25, -0.2) is 4.98 Å². The van der Waals surface area contributed by atoms with E-state index >= 15 is 0 Å². The number of aromatic nitrogens is 2. The van der Waals surface area contributed by atoms with Gasteiger partial charge in [-0.1, -0.05) is 54.2 Å². The average Bonchev–Trinajstić information content (AvgIpc) is 2.87. The number of carbonyl (C=O) groups excluding carboxylic acids is 1. The molecule has 0 amide bonds. The van der Waals surface area contributed by atoms with Crippen LogP contribution in [0.3, 0.4) is 0 Å². The number of fused-ring (bicyclic) bond motifs is 1. The van der Waals surface area contributed by atoms with E-state index in [9.17, 15) is 4.79 Å². The summed E-state index contributed by atoms with van der Waals surface area (Å²) in [7, 11) is 2.03. The molecule has 0 bridgehead atoms. The maximum absolute atomic E-state index is 10.4. The Bertz CT molecular complexity index is 822. The number of allylic oxidation sites excluding steroid dienone is 1. The van der Waals surface area contributed by atoms with Crippen LogP contribution >= 0.6 is 11.8 Å². The maximum atomic E-state index is 10.4. The summed E-state index contributed by atoms with van der Waals surface area (Å²) in [5.74, 6) is 0.899. The van der Waals surface area contributed by atoms with Crippen LogP contribution in [0.25, 0.3) is 17.1 Å². The molecule has 0 spiro atoms. The monoisotopic (exact) mass is 308 g/mol. The Morgan fingerprint density at radius 1 is 1.18 bits per heavy atom. The van der Waals surface area contributed by atoms with Crippen molar-refractivity contribution < 1.29 is 4.79 Å². The fourth-order valence-electron chi connectivity index (χ4n) is 2.30. The lowest BCUT2D eigenvalue weighted by Gasteiger charge is -2.02. The molecule has 0 radical (unpaired) electrons. The van der Waals surface area contributed by atoms with Crippen molar-refractivity contribution in [2.24, 2.45) is 7.05 Å². The topological polar surface area (TPSA) is 34.9 Å². The maximum Gasteiger partial charge on any atom is 0.169 e. The predicted octanol–water partition coefficient (Wildman–Crippen LogP) is 4.08. The van der Waals surface area contributed by atoms with E-state index in [-0.39, 0.29) is 0 Å². The lowest BCUT2D eigenvalue weighted by molar-refractivity contribution is -0.104. The summed E-state index contributed by atoms with van der Waals surface area (Å²) >= 11 is 1.73. The molecule has 0 saturated heterocycles. The predicted molar refractivity (Wildman–Crippen MR) is 91.8 cm³/mol. The minimum Gasteiger partial charge on any atom is -0.322 e. The first-order valence-corrected chi connectivity index (χ1v) is 8.01. The van der Waals surface area contributed by atoms with E-state index in [0.717, 1.165) is 33.8 Å². The normalized spacial score (nSPS) is 11.3. The minimum absolute atomic E-state index is 0.782. The third-order valence-electron chi connectivity index (χ3n) is 3.44. The van der Waals surface area contributed by atoms with Crippen LogP contribution in [0.5, 0.6) is 0 Å². The van der Waals surface area contributed by atoms with Gasteiger partial charge in [-0.15, -0.1) is 0 Å². The standard InChI is InChI=1S/C18H16N2OS/c1-20-17-10-9-14(8-5-11-21)12-16(17)19-18(20)22-13-15-6-3-2-4-7-15/h2-12H,13H2,1H3/b8-5+. The number of aryl methyl sites for hydroxylation is 1. The van der Waals surface area contributed by atoms with Crippen molar-refractivity contribution in [3.8, 4) is 0 Å². The number of imidazole rings is 1. The van der Waals surface area contributed by atoms with Crippen molar-refractivity contribution in [1.82, 2.24) is 9.55 Å². The number of hydrogen-bond acceptors (Lipinski definition) is 3. The second kappa shape index (κ2) is 6.62. The lowest BCUT2D eigenvalue weighted by Crippen LogP contribution is -1.91. The quantitative estimate of drug-likeness (QED) is 0.405. The molecule has 0 aliphatic heterocycles. The van der Waals surface area contributed by atoms with Crippen LogP contribution in [0.1, 0.15) is 11.1 Å². The molecule has 0 saturated carbocycles. The van der Waals surface area contributed by atoms with Gasteiger partial charge >= 0.3 is 0 Å². The van der Waals surface area contributed by atoms with Gasteiger partial charge in [0.2, 0.25) is 0 Å². The molecule has 0 atom stereocenters. The molecule has 0 aliphatic rings. The molecule has 1 aromatic heterocycles. The fourth-order valence-corrected chi connectivity index (χ4v) is 3.24. The molecule has 3 aromatic rings. The molecular formula is C18H16N2OS. The first-order valence-electron chi connectivity index (χ1n) is 7.03. The Morgan fingerprint density at radius 3 is 2.77 bits per heavy atom. The Balaban J connectivity index is 1.85. The van der Waals surface area contributed by atoms with E-state index in [1.807, 2.05) is 31.3 Å². The zero-order valence-corrected chi connectivity index (χ0v) is 13.1. The van der Waals surface area contributed by atoms with Gasteiger partial charge in [0.05, 0.1) is 11.0 Å². The van der Waals surface area contributed by atoms with Gasteiger partial charge < -0.3 is 4.57 Å². The van der Waals surface area contributed by atoms with Crippen LogP contribution in [0, 0.1) is 0 Å². The Hall–Kier alpha value is -2.33. The van der Waals surface area contributed by atoms with E-state index in [0.29, 0.717) is 0 Å². The molecule has 0 fully saturated rings. The third kappa shape index (κ3) is 3.12. The lowest BCUT2D eigenvalue weighted by atomic mass is 10.2. The zero-order valence-electron chi connectivity index (χ0n) is 12.3. The third-order valence-corrected chi connectivity index (χ3v) is 4.54. The van der Waals surface area contributed by atoms with Crippen LogP contribution in [0.15, 0.2) is 59.8 Å². The molecule has 0 N–H and O–H groups in total. The molecule has 0 aliphatic carbocycles. The largest absolute Gasteiger partial charge is 0.322 e. The second-order valence-corrected chi connectivity index (χ2v) is 5.91. The molecule has 0 unspecified atom stereocenters. The average molecular weight is 308 g/mol. The smallest absolute Gasteiger partial charge is 0.169 e. The summed E-state index contributed by atoms with van der Waals surface area (Å²) in [6, 6.07) is 16.4. The number of hydrogen-bond donors (Lipinski definition) is 0. The van der Waals surface area contributed by atoms with Crippen molar-refractivity contribution in [2.75, 3.05) is 0 Å². The van der Waals surface area contributed by atoms with Crippen molar-refractivity contribution in [3.63, 3.8) is 0 Å².